The molecule has 20 heavy (non-hydrogen) atoms. The van der Waals surface area contributed by atoms with Crippen LogP contribution in [0.4, 0.5) is 0 Å². The van der Waals surface area contributed by atoms with Gasteiger partial charge in [-0.05, 0) is 63.2 Å². The van der Waals surface area contributed by atoms with E-state index in [0.717, 1.165) is 29.3 Å². The summed E-state index contributed by atoms with van der Waals surface area (Å²) in [5, 5.41) is 0. The molecule has 4 heteroatoms. The first-order valence-electron chi connectivity index (χ1n) is 7.74. The van der Waals surface area contributed by atoms with Gasteiger partial charge in [0, 0.05) is 10.9 Å². The number of nitrogens with zero attached hydrogens (tertiary/aromatic N) is 1. The summed E-state index contributed by atoms with van der Waals surface area (Å²) in [6.07, 6.45) is 3.93. The fourth-order valence-corrected chi connectivity index (χ4v) is 4.66. The second-order valence-corrected chi connectivity index (χ2v) is 8.16. The van der Waals surface area contributed by atoms with Gasteiger partial charge in [-0.3, -0.25) is 4.90 Å². The lowest BCUT2D eigenvalue weighted by Gasteiger charge is -2.33. The van der Waals surface area contributed by atoms with E-state index in [1.54, 1.807) is 11.3 Å². The van der Waals surface area contributed by atoms with Crippen LogP contribution in [-0.2, 0) is 0 Å². The topological polar surface area (TPSA) is 29.3 Å². The molecule has 0 bridgehead atoms. The van der Waals surface area contributed by atoms with Gasteiger partial charge in [0.15, 0.2) is 0 Å². The van der Waals surface area contributed by atoms with Crippen molar-refractivity contribution in [3.8, 4) is 0 Å². The molecule has 2 nitrogen and oxygen atoms in total. The largest absolute Gasteiger partial charge is 0.326 e. The number of thiophene rings is 1. The molecule has 0 amide bonds. The molecule has 1 aliphatic rings. The molecule has 1 fully saturated rings. The highest BCUT2D eigenvalue weighted by Crippen LogP contribution is 2.35. The molecule has 0 aliphatic carbocycles. The van der Waals surface area contributed by atoms with Crippen LogP contribution in [0, 0.1) is 11.8 Å². The maximum atomic E-state index is 6.28. The number of rotatable bonds is 4. The zero-order valence-corrected chi connectivity index (χ0v) is 14.4. The van der Waals surface area contributed by atoms with Crippen LogP contribution >= 0.6 is 22.9 Å². The Morgan fingerprint density at radius 2 is 2.00 bits per heavy atom. The summed E-state index contributed by atoms with van der Waals surface area (Å²) in [4.78, 5) is 3.89. The predicted molar refractivity (Wildman–Crippen MR) is 89.5 cm³/mol. The van der Waals surface area contributed by atoms with Crippen LogP contribution in [0.3, 0.4) is 0 Å². The van der Waals surface area contributed by atoms with Crippen LogP contribution in [0.5, 0.6) is 0 Å². The molecule has 1 aliphatic heterocycles. The van der Waals surface area contributed by atoms with Crippen molar-refractivity contribution in [3.63, 3.8) is 0 Å². The minimum Gasteiger partial charge on any atom is -0.326 e. The van der Waals surface area contributed by atoms with Crippen LogP contribution in [0.15, 0.2) is 12.1 Å². The summed E-state index contributed by atoms with van der Waals surface area (Å²) in [7, 11) is 0. The highest BCUT2D eigenvalue weighted by atomic mass is 35.5. The molecule has 114 valence electrons. The van der Waals surface area contributed by atoms with E-state index in [0.29, 0.717) is 6.04 Å². The minimum absolute atomic E-state index is 0.139. The van der Waals surface area contributed by atoms with Gasteiger partial charge in [-0.15, -0.1) is 11.3 Å². The lowest BCUT2D eigenvalue weighted by atomic mass is 9.89. The van der Waals surface area contributed by atoms with Crippen molar-refractivity contribution in [1.82, 2.24) is 4.90 Å². The lowest BCUT2D eigenvalue weighted by molar-refractivity contribution is 0.181. The first-order valence-corrected chi connectivity index (χ1v) is 8.93. The van der Waals surface area contributed by atoms with Gasteiger partial charge in [0.05, 0.1) is 10.4 Å². The third-order valence-electron chi connectivity index (χ3n) is 4.53. The Balaban J connectivity index is 2.10. The molecule has 0 aromatic carbocycles. The SMILES string of the molecule is CC(C)C1CCCN(C(c2ccc(Cl)s2)C(C)N)CC1. The number of likely N-dealkylation sites (tertiary alicyclic amines) is 1. The first kappa shape index (κ1) is 16.3. The zero-order chi connectivity index (χ0) is 14.7. The van der Waals surface area contributed by atoms with E-state index >= 15 is 0 Å². The van der Waals surface area contributed by atoms with Gasteiger partial charge in [-0.2, -0.15) is 0 Å². The van der Waals surface area contributed by atoms with E-state index < -0.39 is 0 Å². The Bertz CT molecular complexity index is 416. The van der Waals surface area contributed by atoms with Crippen LogP contribution in [0.2, 0.25) is 4.34 Å². The number of nitrogens with two attached hydrogens (primary N) is 1. The fourth-order valence-electron chi connectivity index (χ4n) is 3.35. The van der Waals surface area contributed by atoms with Gasteiger partial charge < -0.3 is 5.73 Å². The monoisotopic (exact) mass is 314 g/mol. The van der Waals surface area contributed by atoms with Gasteiger partial charge in [-0.25, -0.2) is 0 Å². The molecule has 2 rings (SSSR count). The normalized spacial score (nSPS) is 24.6. The van der Waals surface area contributed by atoms with E-state index in [4.69, 9.17) is 17.3 Å². The molecular formula is C16H27ClN2S. The highest BCUT2D eigenvalue weighted by Gasteiger charge is 2.28. The summed E-state index contributed by atoms with van der Waals surface area (Å²) in [6, 6.07) is 4.59. The van der Waals surface area contributed by atoms with Gasteiger partial charge in [0.25, 0.3) is 0 Å². The molecule has 0 spiro atoms. The van der Waals surface area contributed by atoms with Crippen LogP contribution in [0.1, 0.15) is 51.0 Å². The van der Waals surface area contributed by atoms with Crippen LogP contribution in [0.25, 0.3) is 0 Å². The van der Waals surface area contributed by atoms with E-state index in [9.17, 15) is 0 Å². The van der Waals surface area contributed by atoms with Crippen LogP contribution in [-0.4, -0.2) is 24.0 Å². The Hall–Kier alpha value is -0.0900. The Kier molecular flexibility index (Phi) is 5.91. The smallest absolute Gasteiger partial charge is 0.0931 e. The standard InChI is InChI=1S/C16H27ClN2S/c1-11(2)13-5-4-9-19(10-8-13)16(12(3)18)14-6-7-15(17)20-14/h6-7,11-13,16H,4-5,8-10,18H2,1-3H3. The Morgan fingerprint density at radius 3 is 2.55 bits per heavy atom. The number of halogens is 1. The van der Waals surface area contributed by atoms with Gasteiger partial charge in [-0.1, -0.05) is 25.4 Å². The van der Waals surface area contributed by atoms with Crippen molar-refractivity contribution in [1.29, 1.82) is 0 Å². The van der Waals surface area contributed by atoms with E-state index in [2.05, 4.69) is 31.7 Å². The summed E-state index contributed by atoms with van der Waals surface area (Å²) < 4.78 is 0.862. The number of hydrogen-bond donors (Lipinski definition) is 1. The van der Waals surface area contributed by atoms with Crippen molar-refractivity contribution < 1.29 is 0 Å². The first-order chi connectivity index (χ1) is 9.49. The van der Waals surface area contributed by atoms with Gasteiger partial charge in [0.1, 0.15) is 0 Å². The van der Waals surface area contributed by atoms with Crippen LogP contribution < -0.4 is 5.73 Å². The second-order valence-electron chi connectivity index (χ2n) is 6.42. The Morgan fingerprint density at radius 1 is 1.25 bits per heavy atom. The van der Waals surface area contributed by atoms with E-state index in [1.807, 2.05) is 6.07 Å². The molecule has 1 aromatic heterocycles. The maximum absolute atomic E-state index is 6.28. The average Bonchev–Trinajstić information content (AvgIpc) is 2.63. The molecule has 1 aromatic rings. The van der Waals surface area contributed by atoms with E-state index in [1.165, 1.54) is 24.1 Å². The number of hydrogen-bond acceptors (Lipinski definition) is 3. The summed E-state index contributed by atoms with van der Waals surface area (Å²) >= 11 is 7.78. The third-order valence-corrected chi connectivity index (χ3v) is 5.83. The van der Waals surface area contributed by atoms with Gasteiger partial charge in [0.2, 0.25) is 0 Å². The summed E-state index contributed by atoms with van der Waals surface area (Å²) in [5.41, 5.74) is 6.28. The molecular weight excluding hydrogens is 288 g/mol. The molecule has 3 unspecified atom stereocenters. The second kappa shape index (κ2) is 7.26. The van der Waals surface area contributed by atoms with Crippen molar-refractivity contribution in [2.75, 3.05) is 13.1 Å². The van der Waals surface area contributed by atoms with Crippen molar-refractivity contribution in [3.05, 3.63) is 21.3 Å². The lowest BCUT2D eigenvalue weighted by Crippen LogP contribution is -2.39. The summed E-state index contributed by atoms with van der Waals surface area (Å²) in [6.45, 7) is 9.13. The molecule has 0 radical (unpaired) electrons. The Labute approximate surface area is 132 Å². The molecule has 2 N–H and O–H groups in total. The maximum Gasteiger partial charge on any atom is 0.0931 e. The molecule has 3 atom stereocenters. The minimum atomic E-state index is 0.139. The average molecular weight is 315 g/mol. The zero-order valence-electron chi connectivity index (χ0n) is 12.8. The van der Waals surface area contributed by atoms with Crippen molar-refractivity contribution in [2.45, 2.75) is 52.1 Å². The summed E-state index contributed by atoms with van der Waals surface area (Å²) in [5.74, 6) is 1.65. The quantitative estimate of drug-likeness (QED) is 0.883. The van der Waals surface area contributed by atoms with Crippen molar-refractivity contribution >= 4 is 22.9 Å². The van der Waals surface area contributed by atoms with E-state index in [-0.39, 0.29) is 6.04 Å². The highest BCUT2D eigenvalue weighted by molar-refractivity contribution is 7.16. The van der Waals surface area contributed by atoms with Gasteiger partial charge >= 0.3 is 0 Å². The fraction of sp³-hybridized carbons (Fsp3) is 0.750. The third kappa shape index (κ3) is 3.97. The molecule has 0 saturated carbocycles. The molecule has 1 saturated heterocycles. The van der Waals surface area contributed by atoms with Crippen molar-refractivity contribution in [2.24, 2.45) is 17.6 Å². The molecule has 2 heterocycles. The predicted octanol–water partition coefficient (Wildman–Crippen LogP) is 4.55.